The second-order valence-corrected chi connectivity index (χ2v) is 7.86. The number of ether oxygens (including phenoxy) is 2. The molecule has 1 aliphatic heterocycles. The highest BCUT2D eigenvalue weighted by Gasteiger charge is 2.24. The van der Waals surface area contributed by atoms with Crippen LogP contribution in [0.3, 0.4) is 0 Å². The molecule has 0 saturated carbocycles. The Morgan fingerprint density at radius 1 is 1.19 bits per heavy atom. The van der Waals surface area contributed by atoms with Crippen molar-refractivity contribution in [3.63, 3.8) is 0 Å². The van der Waals surface area contributed by atoms with Crippen molar-refractivity contribution in [2.45, 2.75) is 19.6 Å². The lowest BCUT2D eigenvalue weighted by molar-refractivity contribution is -0.925. The lowest BCUT2D eigenvalue weighted by Gasteiger charge is -2.30. The van der Waals surface area contributed by atoms with Crippen LogP contribution in [0.1, 0.15) is 11.1 Å². The third-order valence-corrected chi connectivity index (χ3v) is 5.44. The van der Waals surface area contributed by atoms with Crippen LogP contribution in [0.2, 0.25) is 0 Å². The molecule has 1 aromatic heterocycles. The molecule has 1 aliphatic rings. The smallest absolute Gasteiger partial charge is 0.336 e. The van der Waals surface area contributed by atoms with Gasteiger partial charge in [0.1, 0.15) is 37.1 Å². The molecule has 7 nitrogen and oxygen atoms in total. The van der Waals surface area contributed by atoms with Crippen LogP contribution >= 0.6 is 0 Å². The molecule has 0 bridgehead atoms. The van der Waals surface area contributed by atoms with Gasteiger partial charge in [-0.2, -0.15) is 0 Å². The summed E-state index contributed by atoms with van der Waals surface area (Å²) in [6.45, 7) is 5.62. The number of benzene rings is 2. The molecule has 2 heterocycles. The number of aryl methyl sites for hydroxylation is 1. The summed E-state index contributed by atoms with van der Waals surface area (Å²) >= 11 is 0. The van der Waals surface area contributed by atoms with Gasteiger partial charge in [-0.1, -0.05) is 30.3 Å². The Morgan fingerprint density at radius 3 is 2.87 bits per heavy atom. The summed E-state index contributed by atoms with van der Waals surface area (Å²) in [5, 5.41) is 3.73. The van der Waals surface area contributed by atoms with E-state index in [1.54, 1.807) is 12.1 Å². The quantitative estimate of drug-likeness (QED) is 0.556. The minimum Gasteiger partial charge on any atom is -0.484 e. The van der Waals surface area contributed by atoms with Crippen LogP contribution < -0.4 is 20.6 Å². The maximum atomic E-state index is 12.2. The predicted molar refractivity (Wildman–Crippen MR) is 116 cm³/mol. The van der Waals surface area contributed by atoms with Crippen LogP contribution in [-0.4, -0.2) is 44.9 Å². The third-order valence-electron chi connectivity index (χ3n) is 5.44. The number of quaternary nitrogens is 1. The molecule has 4 rings (SSSR count). The van der Waals surface area contributed by atoms with Crippen molar-refractivity contribution in [2.24, 2.45) is 0 Å². The molecule has 0 radical (unpaired) electrons. The molecule has 0 spiro atoms. The summed E-state index contributed by atoms with van der Waals surface area (Å²) in [6.07, 6.45) is -0.0191. The second-order valence-electron chi connectivity index (χ2n) is 7.86. The highest BCUT2D eigenvalue weighted by molar-refractivity contribution is 5.81. The van der Waals surface area contributed by atoms with Gasteiger partial charge in [0.25, 0.3) is 5.91 Å². The van der Waals surface area contributed by atoms with E-state index in [9.17, 15) is 9.59 Å². The molecule has 162 valence electrons. The molecule has 0 aliphatic carbocycles. The van der Waals surface area contributed by atoms with E-state index in [0.29, 0.717) is 24.5 Å². The van der Waals surface area contributed by atoms with E-state index >= 15 is 0 Å². The molecule has 2 N–H and O–H groups in total. The van der Waals surface area contributed by atoms with Crippen LogP contribution in [0.5, 0.6) is 5.75 Å². The first kappa shape index (κ1) is 21.1. The van der Waals surface area contributed by atoms with Crippen molar-refractivity contribution in [1.82, 2.24) is 5.32 Å². The Hall–Kier alpha value is -3.16. The monoisotopic (exact) mass is 423 g/mol. The molecule has 2 atom stereocenters. The highest BCUT2D eigenvalue weighted by Crippen LogP contribution is 2.22. The zero-order valence-corrected chi connectivity index (χ0v) is 17.6. The van der Waals surface area contributed by atoms with Gasteiger partial charge in [-0.05, 0) is 24.6 Å². The summed E-state index contributed by atoms with van der Waals surface area (Å²) in [5.74, 6) is 0.258. The largest absolute Gasteiger partial charge is 0.484 e. The number of fused-ring (bicyclic) bond motifs is 1. The number of morpholine rings is 1. The molecule has 1 amide bonds. The Labute approximate surface area is 180 Å². The van der Waals surface area contributed by atoms with Crippen molar-refractivity contribution in [2.75, 3.05) is 32.8 Å². The fourth-order valence-electron chi connectivity index (χ4n) is 3.85. The van der Waals surface area contributed by atoms with Crippen molar-refractivity contribution in [3.05, 3.63) is 76.1 Å². The van der Waals surface area contributed by atoms with Gasteiger partial charge in [0.15, 0.2) is 6.61 Å². The van der Waals surface area contributed by atoms with Gasteiger partial charge in [0.2, 0.25) is 0 Å². The zero-order valence-electron chi connectivity index (χ0n) is 17.6. The van der Waals surface area contributed by atoms with Crippen molar-refractivity contribution in [1.29, 1.82) is 0 Å². The maximum absolute atomic E-state index is 12.2. The van der Waals surface area contributed by atoms with Crippen molar-refractivity contribution < 1.29 is 23.6 Å². The minimum atomic E-state index is -0.407. The fourth-order valence-corrected chi connectivity index (χ4v) is 3.85. The van der Waals surface area contributed by atoms with E-state index in [-0.39, 0.29) is 18.6 Å². The lowest BCUT2D eigenvalue weighted by Crippen LogP contribution is -3.13. The van der Waals surface area contributed by atoms with Gasteiger partial charge in [-0.15, -0.1) is 0 Å². The first-order valence-corrected chi connectivity index (χ1v) is 10.5. The van der Waals surface area contributed by atoms with Crippen LogP contribution in [0.25, 0.3) is 11.0 Å². The van der Waals surface area contributed by atoms with E-state index in [1.165, 1.54) is 16.5 Å². The number of rotatable bonds is 7. The van der Waals surface area contributed by atoms with Crippen LogP contribution in [0, 0.1) is 6.92 Å². The first-order chi connectivity index (χ1) is 15.1. The summed E-state index contributed by atoms with van der Waals surface area (Å²) < 4.78 is 16.6. The standard InChI is InChI=1S/C24H26N2O5/c1-17-11-24(28)31-22-12-19(7-8-21(17)22)30-16-23(27)25-13-20-15-26(9-10-29-20)14-18-5-3-2-4-6-18/h2-8,11-12,20H,9-10,13-16H2,1H3,(H,25,27)/p+1/t20-/m1/s1. The summed E-state index contributed by atoms with van der Waals surface area (Å²) in [6, 6.07) is 17.1. The molecule has 1 fully saturated rings. The van der Waals surface area contributed by atoms with Crippen LogP contribution in [-0.2, 0) is 16.1 Å². The molecular formula is C24H27N2O5+. The van der Waals surface area contributed by atoms with Gasteiger partial charge in [-0.25, -0.2) is 4.79 Å². The number of amides is 1. The van der Waals surface area contributed by atoms with Crippen molar-refractivity contribution in [3.8, 4) is 5.75 Å². The fraction of sp³-hybridized carbons (Fsp3) is 0.333. The van der Waals surface area contributed by atoms with Gasteiger partial charge < -0.3 is 24.1 Å². The Kier molecular flexibility index (Phi) is 6.64. The molecule has 3 aromatic rings. The average molecular weight is 423 g/mol. The van der Waals surface area contributed by atoms with Gasteiger partial charge in [0, 0.05) is 29.6 Å². The van der Waals surface area contributed by atoms with E-state index in [1.807, 2.05) is 19.1 Å². The van der Waals surface area contributed by atoms with Crippen molar-refractivity contribution >= 4 is 16.9 Å². The van der Waals surface area contributed by atoms with E-state index in [0.717, 1.165) is 30.6 Å². The van der Waals surface area contributed by atoms with E-state index in [4.69, 9.17) is 13.9 Å². The average Bonchev–Trinajstić information content (AvgIpc) is 2.77. The predicted octanol–water partition coefficient (Wildman–Crippen LogP) is 1.08. The Bertz CT molecular complexity index is 1100. The van der Waals surface area contributed by atoms with Crippen LogP contribution in [0.15, 0.2) is 63.8 Å². The van der Waals surface area contributed by atoms with Gasteiger partial charge >= 0.3 is 5.63 Å². The molecule has 1 unspecified atom stereocenters. The molecule has 31 heavy (non-hydrogen) atoms. The number of carbonyl (C=O) groups excluding carboxylic acids is 1. The second kappa shape index (κ2) is 9.76. The lowest BCUT2D eigenvalue weighted by atomic mass is 10.1. The van der Waals surface area contributed by atoms with E-state index < -0.39 is 5.63 Å². The zero-order chi connectivity index (χ0) is 21.6. The summed E-state index contributed by atoms with van der Waals surface area (Å²) in [5.41, 5.74) is 2.18. The topological polar surface area (TPSA) is 82.2 Å². The Morgan fingerprint density at radius 2 is 2.03 bits per heavy atom. The Balaban J connectivity index is 1.24. The minimum absolute atomic E-state index is 0.0191. The number of nitrogens with one attached hydrogen (secondary N) is 2. The molecular weight excluding hydrogens is 396 g/mol. The summed E-state index contributed by atoms with van der Waals surface area (Å²) in [7, 11) is 0. The first-order valence-electron chi connectivity index (χ1n) is 10.5. The van der Waals surface area contributed by atoms with Gasteiger partial charge in [-0.3, -0.25) is 4.79 Å². The maximum Gasteiger partial charge on any atom is 0.336 e. The molecule has 7 heteroatoms. The van der Waals surface area contributed by atoms with E-state index in [2.05, 4.69) is 29.6 Å². The molecule has 2 aromatic carbocycles. The highest BCUT2D eigenvalue weighted by atomic mass is 16.5. The number of carbonyl (C=O) groups is 1. The summed E-state index contributed by atoms with van der Waals surface area (Å²) in [4.78, 5) is 25.2. The third kappa shape index (κ3) is 5.71. The van der Waals surface area contributed by atoms with Gasteiger partial charge in [0.05, 0.1) is 6.61 Å². The SMILES string of the molecule is Cc1cc(=O)oc2cc(OCC(=O)NC[C@@H]3C[NH+](Cc4ccccc4)CCO3)ccc12. The number of hydrogen-bond acceptors (Lipinski definition) is 5. The normalized spacial score (nSPS) is 18.6. The molecule has 1 saturated heterocycles. The number of hydrogen-bond donors (Lipinski definition) is 2. The van der Waals surface area contributed by atoms with Crippen LogP contribution in [0.4, 0.5) is 0 Å².